The maximum Gasteiger partial charge on any atom is 0.291 e. The summed E-state index contributed by atoms with van der Waals surface area (Å²) in [5.74, 6) is 0. The van der Waals surface area contributed by atoms with Gasteiger partial charge in [0.25, 0.3) is 10.1 Å². The molecule has 0 saturated carbocycles. The van der Waals surface area contributed by atoms with E-state index in [-0.39, 0.29) is 6.61 Å². The Labute approximate surface area is 78.1 Å². The van der Waals surface area contributed by atoms with Crippen LogP contribution in [-0.4, -0.2) is 20.4 Å². The fraction of sp³-hybridized carbons (Fsp3) is 0.750. The first-order chi connectivity index (χ1) is 6.18. The molecule has 0 aromatic rings. The summed E-state index contributed by atoms with van der Waals surface area (Å²) in [5.41, 5.74) is 1.06. The van der Waals surface area contributed by atoms with Crippen LogP contribution in [-0.2, 0) is 14.3 Å². The van der Waals surface area contributed by atoms with E-state index in [0.717, 1.165) is 25.0 Å². The van der Waals surface area contributed by atoms with Gasteiger partial charge in [0, 0.05) is 5.70 Å². The van der Waals surface area contributed by atoms with Gasteiger partial charge in [-0.2, -0.15) is 8.42 Å². The zero-order valence-corrected chi connectivity index (χ0v) is 8.14. The summed E-state index contributed by atoms with van der Waals surface area (Å²) in [6.07, 6.45) is 6.45. The molecule has 5 heteroatoms. The Morgan fingerprint density at radius 2 is 2.31 bits per heavy atom. The Balaban J connectivity index is 1.94. The second-order valence-electron chi connectivity index (χ2n) is 3.39. The molecule has 0 bridgehead atoms. The molecular formula is C8H13NO3S. The summed E-state index contributed by atoms with van der Waals surface area (Å²) < 4.78 is 26.4. The van der Waals surface area contributed by atoms with Gasteiger partial charge in [-0.25, -0.2) is 0 Å². The smallest absolute Gasteiger partial charge is 0.291 e. The number of rotatable bonds is 2. The average Bonchev–Trinajstić information content (AvgIpc) is 2.15. The van der Waals surface area contributed by atoms with E-state index in [1.807, 2.05) is 0 Å². The van der Waals surface area contributed by atoms with E-state index in [9.17, 15) is 8.42 Å². The van der Waals surface area contributed by atoms with Gasteiger partial charge in [-0.15, -0.1) is 0 Å². The number of nitrogens with one attached hydrogen (secondary N) is 1. The molecule has 0 spiro atoms. The first-order valence-electron chi connectivity index (χ1n) is 4.52. The predicted octanol–water partition coefficient (Wildman–Crippen LogP) is 0.720. The van der Waals surface area contributed by atoms with Crippen LogP contribution in [0.4, 0.5) is 0 Å². The molecule has 13 heavy (non-hydrogen) atoms. The van der Waals surface area contributed by atoms with E-state index in [1.54, 1.807) is 0 Å². The molecular weight excluding hydrogens is 190 g/mol. The van der Waals surface area contributed by atoms with Gasteiger partial charge >= 0.3 is 0 Å². The van der Waals surface area contributed by atoms with Crippen LogP contribution in [0, 0.1) is 0 Å². The highest BCUT2D eigenvalue weighted by molar-refractivity contribution is 7.88. The molecule has 74 valence electrons. The van der Waals surface area contributed by atoms with Gasteiger partial charge in [0.1, 0.15) is 6.61 Å². The van der Waals surface area contributed by atoms with Crippen LogP contribution in [0.25, 0.3) is 0 Å². The second kappa shape index (κ2) is 3.31. The van der Waals surface area contributed by atoms with Crippen molar-refractivity contribution in [3.63, 3.8) is 0 Å². The van der Waals surface area contributed by atoms with Gasteiger partial charge in [0.2, 0.25) is 0 Å². The van der Waals surface area contributed by atoms with E-state index in [2.05, 4.69) is 15.6 Å². The highest BCUT2D eigenvalue weighted by atomic mass is 32.2. The van der Waals surface area contributed by atoms with Crippen molar-refractivity contribution in [3.05, 3.63) is 11.8 Å². The Morgan fingerprint density at radius 1 is 1.46 bits per heavy atom. The van der Waals surface area contributed by atoms with Gasteiger partial charge in [-0.05, 0) is 25.7 Å². The lowest BCUT2D eigenvalue weighted by Crippen LogP contribution is -2.49. The quantitative estimate of drug-likeness (QED) is 0.672. The number of allylic oxidation sites excluding steroid dienone is 2. The van der Waals surface area contributed by atoms with Crippen molar-refractivity contribution in [2.45, 2.75) is 31.1 Å². The lowest BCUT2D eigenvalue weighted by atomic mass is 10.1. The van der Waals surface area contributed by atoms with Crippen LogP contribution in [0.5, 0.6) is 0 Å². The third-order valence-corrected chi connectivity index (χ3v) is 3.78. The standard InChI is InChI=1S/C8H13NO3S/c10-13(11)8(6-12-13)9-7-4-2-1-3-5-7/h4,8-9H,1-3,5-6H2. The van der Waals surface area contributed by atoms with Gasteiger partial charge in [0.15, 0.2) is 5.37 Å². The molecule has 0 aromatic heterocycles. The molecule has 1 aliphatic carbocycles. The van der Waals surface area contributed by atoms with Crippen LogP contribution in [0.1, 0.15) is 25.7 Å². The highest BCUT2D eigenvalue weighted by Crippen LogP contribution is 2.20. The Morgan fingerprint density at radius 3 is 2.77 bits per heavy atom. The number of hydrogen-bond donors (Lipinski definition) is 1. The molecule has 1 fully saturated rings. The maximum atomic E-state index is 11.0. The summed E-state index contributed by atoms with van der Waals surface area (Å²) in [7, 11) is -3.27. The monoisotopic (exact) mass is 203 g/mol. The summed E-state index contributed by atoms with van der Waals surface area (Å²) in [6.45, 7) is 0.277. The van der Waals surface area contributed by atoms with Crippen molar-refractivity contribution in [2.24, 2.45) is 0 Å². The molecule has 0 amide bonds. The third-order valence-electron chi connectivity index (χ3n) is 2.37. The van der Waals surface area contributed by atoms with Crippen LogP contribution in [0.15, 0.2) is 11.8 Å². The largest absolute Gasteiger partial charge is 0.369 e. The predicted molar refractivity (Wildman–Crippen MR) is 48.3 cm³/mol. The van der Waals surface area contributed by atoms with Crippen molar-refractivity contribution >= 4 is 10.1 Å². The second-order valence-corrected chi connectivity index (χ2v) is 5.18. The maximum absolute atomic E-state index is 11.0. The summed E-state index contributed by atoms with van der Waals surface area (Å²) in [5, 5.41) is 2.49. The number of hydrogen-bond acceptors (Lipinski definition) is 4. The fourth-order valence-corrected chi connectivity index (χ4v) is 2.33. The molecule has 0 aromatic carbocycles. The van der Waals surface area contributed by atoms with Crippen molar-refractivity contribution in [1.29, 1.82) is 0 Å². The minimum absolute atomic E-state index is 0.277. The topological polar surface area (TPSA) is 55.4 Å². The Hall–Kier alpha value is -0.550. The van der Waals surface area contributed by atoms with E-state index in [0.29, 0.717) is 0 Å². The van der Waals surface area contributed by atoms with Crippen LogP contribution < -0.4 is 5.32 Å². The normalized spacial score (nSPS) is 31.7. The molecule has 1 heterocycles. The first-order valence-corrected chi connectivity index (χ1v) is 5.99. The third kappa shape index (κ3) is 1.86. The van der Waals surface area contributed by atoms with Gasteiger partial charge in [-0.3, -0.25) is 4.18 Å². The van der Waals surface area contributed by atoms with E-state index in [4.69, 9.17) is 0 Å². The van der Waals surface area contributed by atoms with Gasteiger partial charge < -0.3 is 5.32 Å². The summed E-state index contributed by atoms with van der Waals surface area (Å²) in [6, 6.07) is 0. The molecule has 4 nitrogen and oxygen atoms in total. The van der Waals surface area contributed by atoms with Gasteiger partial charge in [-0.1, -0.05) is 6.08 Å². The lowest BCUT2D eigenvalue weighted by Gasteiger charge is -2.29. The Kier molecular flexibility index (Phi) is 2.29. The SMILES string of the molecule is O=S1(=O)OCC1NC1=CCCCC1. The fourth-order valence-electron chi connectivity index (χ4n) is 1.54. The van der Waals surface area contributed by atoms with Crippen molar-refractivity contribution in [3.8, 4) is 0 Å². The van der Waals surface area contributed by atoms with Crippen LogP contribution in [0.2, 0.25) is 0 Å². The van der Waals surface area contributed by atoms with E-state index in [1.165, 1.54) is 6.42 Å². The van der Waals surface area contributed by atoms with Crippen molar-refractivity contribution in [1.82, 2.24) is 5.32 Å². The molecule has 2 rings (SSSR count). The molecule has 1 atom stereocenters. The average molecular weight is 203 g/mol. The molecule has 1 unspecified atom stereocenters. The van der Waals surface area contributed by atoms with Crippen molar-refractivity contribution < 1.29 is 12.6 Å². The highest BCUT2D eigenvalue weighted by Gasteiger charge is 2.37. The molecule has 1 N–H and O–H groups in total. The minimum atomic E-state index is -3.27. The van der Waals surface area contributed by atoms with E-state index >= 15 is 0 Å². The lowest BCUT2D eigenvalue weighted by molar-refractivity contribution is 0.231. The zero-order chi connectivity index (χ0) is 9.31. The molecule has 0 radical (unpaired) electrons. The molecule has 1 aliphatic heterocycles. The van der Waals surface area contributed by atoms with Gasteiger partial charge in [0.05, 0.1) is 0 Å². The summed E-state index contributed by atoms with van der Waals surface area (Å²) >= 11 is 0. The van der Waals surface area contributed by atoms with Crippen molar-refractivity contribution in [2.75, 3.05) is 6.61 Å². The molecule has 2 aliphatic rings. The van der Waals surface area contributed by atoms with Crippen LogP contribution >= 0.6 is 0 Å². The minimum Gasteiger partial charge on any atom is -0.369 e. The van der Waals surface area contributed by atoms with E-state index < -0.39 is 15.5 Å². The molecule has 1 saturated heterocycles. The van der Waals surface area contributed by atoms with Crippen LogP contribution in [0.3, 0.4) is 0 Å². The Bertz CT molecular complexity index is 320. The first kappa shape index (κ1) is 9.02. The zero-order valence-electron chi connectivity index (χ0n) is 7.32. The summed E-state index contributed by atoms with van der Waals surface area (Å²) in [4.78, 5) is 0.